The van der Waals surface area contributed by atoms with E-state index in [1.165, 1.54) is 13.3 Å². The number of carbonyl (C=O) groups is 2. The number of anilines is 2. The number of rotatable bonds is 6. The number of amides is 2. The largest absolute Gasteiger partial charge is 0.322 e. The van der Waals surface area contributed by atoms with E-state index in [1.807, 2.05) is 49.4 Å². The molecular weight excluding hydrogens is 464 g/mol. The van der Waals surface area contributed by atoms with Crippen LogP contribution >= 0.6 is 0 Å². The summed E-state index contributed by atoms with van der Waals surface area (Å²) in [6, 6.07) is 20.8. The van der Waals surface area contributed by atoms with E-state index in [0.717, 1.165) is 22.3 Å². The average molecular weight is 491 g/mol. The summed E-state index contributed by atoms with van der Waals surface area (Å²) >= 11 is 0. The number of nitriles is 1. The van der Waals surface area contributed by atoms with Crippen LogP contribution in [0, 0.1) is 18.3 Å². The summed E-state index contributed by atoms with van der Waals surface area (Å²) < 4.78 is 0. The molecule has 0 aliphatic heterocycles. The highest BCUT2D eigenvalue weighted by Gasteiger charge is 2.22. The van der Waals surface area contributed by atoms with Gasteiger partial charge in [-0.15, -0.1) is 0 Å². The standard InChI is InChI=1S/C29H26N6O2/c1-18-8-9-23(35-28(37)22-10-11-31-26(13-22)29(3,4)16-30)14-24(18)20-6-5-7-21(12-20)25-15-27(33-17-32-25)34-19(2)36/h5-15,17H,1-4H3,(H,35,37)(H,32,33,34,36). The quantitative estimate of drug-likeness (QED) is 0.367. The Labute approximate surface area is 215 Å². The van der Waals surface area contributed by atoms with Crippen LogP contribution in [0.25, 0.3) is 22.4 Å². The van der Waals surface area contributed by atoms with Crippen molar-refractivity contribution in [3.8, 4) is 28.5 Å². The van der Waals surface area contributed by atoms with Crippen molar-refractivity contribution in [1.29, 1.82) is 5.26 Å². The van der Waals surface area contributed by atoms with Crippen LogP contribution in [0.5, 0.6) is 0 Å². The number of hydrogen-bond donors (Lipinski definition) is 2. The summed E-state index contributed by atoms with van der Waals surface area (Å²) in [7, 11) is 0. The Bertz CT molecular complexity index is 1540. The SMILES string of the molecule is CC(=O)Nc1cc(-c2cccc(-c3cc(NC(=O)c4ccnc(C(C)(C)C#N)c4)ccc3C)c2)ncn1. The van der Waals surface area contributed by atoms with Gasteiger partial charge in [0.1, 0.15) is 12.1 Å². The maximum atomic E-state index is 13.0. The second-order valence-corrected chi connectivity index (χ2v) is 9.20. The Kier molecular flexibility index (Phi) is 7.07. The summed E-state index contributed by atoms with van der Waals surface area (Å²) in [5, 5.41) is 15.0. The monoisotopic (exact) mass is 490 g/mol. The summed E-state index contributed by atoms with van der Waals surface area (Å²) in [6.07, 6.45) is 2.96. The number of pyridine rings is 1. The lowest BCUT2D eigenvalue weighted by molar-refractivity contribution is -0.114. The first kappa shape index (κ1) is 25.2. The lowest BCUT2D eigenvalue weighted by Crippen LogP contribution is -2.18. The average Bonchev–Trinajstić information content (AvgIpc) is 2.89. The molecule has 0 spiro atoms. The van der Waals surface area contributed by atoms with Gasteiger partial charge in [-0.3, -0.25) is 14.6 Å². The highest BCUT2D eigenvalue weighted by molar-refractivity contribution is 6.04. The van der Waals surface area contributed by atoms with E-state index in [9.17, 15) is 14.9 Å². The number of benzene rings is 2. The van der Waals surface area contributed by atoms with E-state index in [1.54, 1.807) is 38.2 Å². The maximum Gasteiger partial charge on any atom is 0.255 e. The van der Waals surface area contributed by atoms with Crippen LogP contribution in [0.15, 0.2) is 73.2 Å². The van der Waals surface area contributed by atoms with Crippen molar-refractivity contribution < 1.29 is 9.59 Å². The van der Waals surface area contributed by atoms with Gasteiger partial charge in [0.15, 0.2) is 0 Å². The molecular formula is C29H26N6O2. The predicted molar refractivity (Wildman–Crippen MR) is 143 cm³/mol. The van der Waals surface area contributed by atoms with Crippen molar-refractivity contribution in [1.82, 2.24) is 15.0 Å². The van der Waals surface area contributed by atoms with Gasteiger partial charge in [-0.2, -0.15) is 5.26 Å². The summed E-state index contributed by atoms with van der Waals surface area (Å²) in [4.78, 5) is 37.1. The van der Waals surface area contributed by atoms with E-state index in [0.29, 0.717) is 28.5 Å². The minimum atomic E-state index is -0.801. The number of aromatic nitrogens is 3. The van der Waals surface area contributed by atoms with Crippen LogP contribution in [-0.4, -0.2) is 26.8 Å². The van der Waals surface area contributed by atoms with Crippen molar-refractivity contribution in [2.24, 2.45) is 0 Å². The van der Waals surface area contributed by atoms with Crippen LogP contribution in [0.2, 0.25) is 0 Å². The molecule has 2 amide bonds. The van der Waals surface area contributed by atoms with Gasteiger partial charge in [0, 0.05) is 36.0 Å². The van der Waals surface area contributed by atoms with Crippen molar-refractivity contribution in [3.63, 3.8) is 0 Å². The van der Waals surface area contributed by atoms with Gasteiger partial charge in [0.2, 0.25) is 5.91 Å². The van der Waals surface area contributed by atoms with Gasteiger partial charge in [0.25, 0.3) is 5.91 Å². The van der Waals surface area contributed by atoms with Crippen molar-refractivity contribution in [3.05, 3.63) is 90.0 Å². The fraction of sp³-hybridized carbons (Fsp3) is 0.172. The lowest BCUT2D eigenvalue weighted by atomic mass is 9.90. The van der Waals surface area contributed by atoms with Crippen LogP contribution in [0.4, 0.5) is 11.5 Å². The van der Waals surface area contributed by atoms with E-state index in [-0.39, 0.29) is 11.8 Å². The van der Waals surface area contributed by atoms with Gasteiger partial charge in [-0.1, -0.05) is 24.3 Å². The molecule has 0 unspecified atom stereocenters. The molecule has 0 radical (unpaired) electrons. The fourth-order valence-corrected chi connectivity index (χ4v) is 3.79. The fourth-order valence-electron chi connectivity index (χ4n) is 3.79. The smallest absolute Gasteiger partial charge is 0.255 e. The molecule has 2 heterocycles. The van der Waals surface area contributed by atoms with Gasteiger partial charge in [-0.05, 0) is 67.8 Å². The Hall–Kier alpha value is -4.90. The van der Waals surface area contributed by atoms with E-state index < -0.39 is 5.41 Å². The topological polar surface area (TPSA) is 121 Å². The third-order valence-electron chi connectivity index (χ3n) is 5.88. The molecule has 4 rings (SSSR count). The van der Waals surface area contributed by atoms with Gasteiger partial charge >= 0.3 is 0 Å². The first-order chi connectivity index (χ1) is 17.7. The van der Waals surface area contributed by atoms with Crippen molar-refractivity contribution in [2.45, 2.75) is 33.1 Å². The van der Waals surface area contributed by atoms with Gasteiger partial charge < -0.3 is 10.6 Å². The molecule has 0 aliphatic rings. The normalized spacial score (nSPS) is 10.9. The molecule has 0 fully saturated rings. The molecule has 2 N–H and O–H groups in total. The molecule has 37 heavy (non-hydrogen) atoms. The molecule has 2 aromatic heterocycles. The molecule has 184 valence electrons. The zero-order valence-corrected chi connectivity index (χ0v) is 21.0. The van der Waals surface area contributed by atoms with Gasteiger partial charge in [-0.25, -0.2) is 9.97 Å². The molecule has 0 saturated carbocycles. The zero-order valence-electron chi connectivity index (χ0n) is 21.0. The number of aryl methyl sites for hydroxylation is 1. The molecule has 4 aromatic rings. The maximum absolute atomic E-state index is 13.0. The minimum absolute atomic E-state index is 0.204. The minimum Gasteiger partial charge on any atom is -0.322 e. The van der Waals surface area contributed by atoms with Crippen LogP contribution in [-0.2, 0) is 10.2 Å². The Morgan fingerprint density at radius 3 is 2.46 bits per heavy atom. The van der Waals surface area contributed by atoms with Crippen LogP contribution in [0.3, 0.4) is 0 Å². The van der Waals surface area contributed by atoms with Crippen LogP contribution in [0.1, 0.15) is 42.4 Å². The van der Waals surface area contributed by atoms with Gasteiger partial charge in [0.05, 0.1) is 22.9 Å². The molecule has 2 aromatic carbocycles. The second-order valence-electron chi connectivity index (χ2n) is 9.20. The molecule has 0 saturated heterocycles. The third-order valence-corrected chi connectivity index (χ3v) is 5.88. The van der Waals surface area contributed by atoms with E-state index in [2.05, 4.69) is 31.7 Å². The molecule has 8 heteroatoms. The number of hydrogen-bond acceptors (Lipinski definition) is 6. The highest BCUT2D eigenvalue weighted by Crippen LogP contribution is 2.30. The summed E-state index contributed by atoms with van der Waals surface area (Å²) in [6.45, 7) is 6.96. The first-order valence-corrected chi connectivity index (χ1v) is 11.7. The lowest BCUT2D eigenvalue weighted by Gasteiger charge is -2.15. The second kappa shape index (κ2) is 10.4. The summed E-state index contributed by atoms with van der Waals surface area (Å²) in [5.41, 5.74) is 5.30. The zero-order chi connectivity index (χ0) is 26.6. The molecule has 8 nitrogen and oxygen atoms in total. The van der Waals surface area contributed by atoms with Crippen molar-refractivity contribution in [2.75, 3.05) is 10.6 Å². The molecule has 0 atom stereocenters. The Morgan fingerprint density at radius 2 is 1.70 bits per heavy atom. The first-order valence-electron chi connectivity index (χ1n) is 11.7. The number of nitrogens with zero attached hydrogens (tertiary/aromatic N) is 4. The van der Waals surface area contributed by atoms with Crippen molar-refractivity contribution >= 4 is 23.3 Å². The van der Waals surface area contributed by atoms with E-state index >= 15 is 0 Å². The highest BCUT2D eigenvalue weighted by atomic mass is 16.2. The third kappa shape index (κ3) is 5.85. The number of nitrogens with one attached hydrogen (secondary N) is 2. The summed E-state index contributed by atoms with van der Waals surface area (Å²) in [5.74, 6) is -0.0571. The van der Waals surface area contributed by atoms with Crippen LogP contribution < -0.4 is 10.6 Å². The van der Waals surface area contributed by atoms with E-state index in [4.69, 9.17) is 0 Å². The Balaban J connectivity index is 1.61. The molecule has 0 bridgehead atoms. The molecule has 0 aliphatic carbocycles. The number of carbonyl (C=O) groups excluding carboxylic acids is 2. The Morgan fingerprint density at radius 1 is 0.919 bits per heavy atom. The predicted octanol–water partition coefficient (Wildman–Crippen LogP) is 5.53.